The molecule has 2 aromatic rings. The lowest BCUT2D eigenvalue weighted by molar-refractivity contribution is -0.113. The second kappa shape index (κ2) is 6.78. The number of aromatic nitrogens is 2. The first kappa shape index (κ1) is 14.2. The average Bonchev–Trinajstić information content (AvgIpc) is 2.85. The number of anilines is 1. The molecule has 1 amide bonds. The number of aromatic amines is 1. The highest BCUT2D eigenvalue weighted by Crippen LogP contribution is 2.13. The predicted octanol–water partition coefficient (Wildman–Crippen LogP) is 2.46. The fourth-order valence-corrected chi connectivity index (χ4v) is 2.39. The van der Waals surface area contributed by atoms with Crippen LogP contribution < -0.4 is 5.32 Å². The monoisotopic (exact) mass is 286 g/mol. The molecule has 1 aromatic carbocycles. The molecule has 0 saturated carbocycles. The Morgan fingerprint density at radius 1 is 1.45 bits per heavy atom. The Kier molecular flexibility index (Phi) is 4.80. The maximum atomic E-state index is 11.7. The first-order valence-electron chi connectivity index (χ1n) is 6.06. The summed E-state index contributed by atoms with van der Waals surface area (Å²) in [5, 5.41) is 18.1. The Hall–Kier alpha value is -2.26. The van der Waals surface area contributed by atoms with Gasteiger partial charge < -0.3 is 5.32 Å². The summed E-state index contributed by atoms with van der Waals surface area (Å²) in [5.74, 6) is 1.58. The molecule has 102 valence electrons. The zero-order valence-electron chi connectivity index (χ0n) is 11.0. The first-order valence-corrected chi connectivity index (χ1v) is 7.21. The minimum absolute atomic E-state index is 0.0739. The van der Waals surface area contributed by atoms with Crippen molar-refractivity contribution >= 4 is 23.5 Å². The van der Waals surface area contributed by atoms with Crippen molar-refractivity contribution in [1.29, 1.82) is 5.26 Å². The predicted molar refractivity (Wildman–Crippen MR) is 79.3 cm³/mol. The third-order valence-electron chi connectivity index (χ3n) is 2.56. The molecular formula is C14H14N4OS. The highest BCUT2D eigenvalue weighted by atomic mass is 32.2. The Morgan fingerprint density at radius 2 is 2.20 bits per heavy atom. The van der Waals surface area contributed by atoms with Crippen LogP contribution in [0.5, 0.6) is 0 Å². The van der Waals surface area contributed by atoms with Crippen molar-refractivity contribution in [2.75, 3.05) is 11.1 Å². The minimum atomic E-state index is -0.0739. The molecule has 0 bridgehead atoms. The lowest BCUT2D eigenvalue weighted by Crippen LogP contribution is -2.14. The van der Waals surface area contributed by atoms with Crippen LogP contribution >= 0.6 is 11.8 Å². The molecule has 0 unspecified atom stereocenters. The number of rotatable bonds is 5. The number of thioether (sulfide) groups is 1. The normalized spacial score (nSPS) is 10.0. The standard InChI is InChI=1S/C14H14N4OS/c1-10-6-13(18-17-10)16-14(19)9-20-8-12-4-2-11(7-15)3-5-12/h2-6H,8-9H2,1H3,(H2,16,17,18,19). The molecule has 0 atom stereocenters. The van der Waals surface area contributed by atoms with Gasteiger partial charge in [0.05, 0.1) is 17.4 Å². The largest absolute Gasteiger partial charge is 0.308 e. The summed E-state index contributed by atoms with van der Waals surface area (Å²) in [5.41, 5.74) is 2.65. The van der Waals surface area contributed by atoms with Crippen molar-refractivity contribution in [1.82, 2.24) is 10.2 Å². The smallest absolute Gasteiger partial charge is 0.235 e. The van der Waals surface area contributed by atoms with E-state index in [1.165, 1.54) is 11.8 Å². The van der Waals surface area contributed by atoms with Gasteiger partial charge in [0.15, 0.2) is 5.82 Å². The van der Waals surface area contributed by atoms with Gasteiger partial charge in [-0.05, 0) is 24.6 Å². The molecule has 0 aliphatic rings. The molecule has 0 aliphatic carbocycles. The fraction of sp³-hybridized carbons (Fsp3) is 0.214. The van der Waals surface area contributed by atoms with E-state index >= 15 is 0 Å². The maximum Gasteiger partial charge on any atom is 0.235 e. The molecule has 2 rings (SSSR count). The van der Waals surface area contributed by atoms with E-state index in [1.807, 2.05) is 19.1 Å². The van der Waals surface area contributed by atoms with Crippen molar-refractivity contribution in [3.63, 3.8) is 0 Å². The maximum absolute atomic E-state index is 11.7. The lowest BCUT2D eigenvalue weighted by atomic mass is 10.2. The summed E-state index contributed by atoms with van der Waals surface area (Å²) in [6.07, 6.45) is 0. The average molecular weight is 286 g/mol. The van der Waals surface area contributed by atoms with Crippen LogP contribution in [0.25, 0.3) is 0 Å². The van der Waals surface area contributed by atoms with Gasteiger partial charge in [0.1, 0.15) is 0 Å². The molecular weight excluding hydrogens is 272 g/mol. The number of carbonyl (C=O) groups is 1. The van der Waals surface area contributed by atoms with Gasteiger partial charge in [-0.25, -0.2) is 0 Å². The van der Waals surface area contributed by atoms with Crippen LogP contribution in [-0.4, -0.2) is 21.9 Å². The summed E-state index contributed by atoms with van der Waals surface area (Å²) < 4.78 is 0. The summed E-state index contributed by atoms with van der Waals surface area (Å²) in [6.45, 7) is 1.88. The van der Waals surface area contributed by atoms with Crippen LogP contribution in [0.4, 0.5) is 5.82 Å². The molecule has 1 heterocycles. The number of nitrogens with one attached hydrogen (secondary N) is 2. The SMILES string of the molecule is Cc1cc(NC(=O)CSCc2ccc(C#N)cc2)n[nH]1. The zero-order chi connectivity index (χ0) is 14.4. The number of nitriles is 1. The van der Waals surface area contributed by atoms with Gasteiger partial charge >= 0.3 is 0 Å². The highest BCUT2D eigenvalue weighted by Gasteiger charge is 2.05. The van der Waals surface area contributed by atoms with Crippen LogP contribution in [0, 0.1) is 18.3 Å². The highest BCUT2D eigenvalue weighted by molar-refractivity contribution is 7.99. The molecule has 1 aromatic heterocycles. The third kappa shape index (κ3) is 4.14. The van der Waals surface area contributed by atoms with E-state index < -0.39 is 0 Å². The van der Waals surface area contributed by atoms with Crippen molar-refractivity contribution in [2.45, 2.75) is 12.7 Å². The van der Waals surface area contributed by atoms with Crippen LogP contribution in [0.3, 0.4) is 0 Å². The van der Waals surface area contributed by atoms with E-state index in [0.717, 1.165) is 17.0 Å². The number of amides is 1. The van der Waals surface area contributed by atoms with Crippen molar-refractivity contribution in [3.8, 4) is 6.07 Å². The first-order chi connectivity index (χ1) is 9.67. The molecule has 0 spiro atoms. The molecule has 2 N–H and O–H groups in total. The van der Waals surface area contributed by atoms with Gasteiger partial charge in [-0.1, -0.05) is 12.1 Å². The van der Waals surface area contributed by atoms with E-state index in [0.29, 0.717) is 17.1 Å². The second-order valence-corrected chi connectivity index (χ2v) is 5.27. The lowest BCUT2D eigenvalue weighted by Gasteiger charge is -2.02. The third-order valence-corrected chi connectivity index (χ3v) is 3.56. The van der Waals surface area contributed by atoms with Gasteiger partial charge in [0, 0.05) is 17.5 Å². The summed E-state index contributed by atoms with van der Waals surface area (Å²) in [4.78, 5) is 11.7. The Labute approximate surface area is 121 Å². The van der Waals surface area contributed by atoms with E-state index in [4.69, 9.17) is 5.26 Å². The zero-order valence-corrected chi connectivity index (χ0v) is 11.8. The number of nitrogens with zero attached hydrogens (tertiary/aromatic N) is 2. The number of H-pyrrole nitrogens is 1. The number of benzene rings is 1. The van der Waals surface area contributed by atoms with Crippen molar-refractivity contribution < 1.29 is 4.79 Å². The number of hydrogen-bond donors (Lipinski definition) is 2. The van der Waals surface area contributed by atoms with Gasteiger partial charge in [-0.2, -0.15) is 10.4 Å². The number of carbonyl (C=O) groups excluding carboxylic acids is 1. The van der Waals surface area contributed by atoms with Crippen LogP contribution in [0.1, 0.15) is 16.8 Å². The minimum Gasteiger partial charge on any atom is -0.308 e. The van der Waals surface area contributed by atoms with Crippen LogP contribution in [0.15, 0.2) is 30.3 Å². The second-order valence-electron chi connectivity index (χ2n) is 4.29. The Bertz CT molecular complexity index is 627. The van der Waals surface area contributed by atoms with Gasteiger partial charge in [0.25, 0.3) is 0 Å². The quantitative estimate of drug-likeness (QED) is 0.884. The van der Waals surface area contributed by atoms with E-state index in [9.17, 15) is 4.79 Å². The molecule has 5 nitrogen and oxygen atoms in total. The molecule has 0 saturated heterocycles. The van der Waals surface area contributed by atoms with Crippen LogP contribution in [0.2, 0.25) is 0 Å². The Balaban J connectivity index is 1.75. The summed E-state index contributed by atoms with van der Waals surface area (Å²) >= 11 is 1.52. The Morgan fingerprint density at radius 3 is 2.80 bits per heavy atom. The van der Waals surface area contributed by atoms with Gasteiger partial charge in [-0.15, -0.1) is 11.8 Å². The topological polar surface area (TPSA) is 81.6 Å². The number of hydrogen-bond acceptors (Lipinski definition) is 4. The number of aryl methyl sites for hydroxylation is 1. The molecule has 20 heavy (non-hydrogen) atoms. The van der Waals surface area contributed by atoms with Crippen molar-refractivity contribution in [3.05, 3.63) is 47.2 Å². The molecule has 6 heteroatoms. The van der Waals surface area contributed by atoms with Crippen molar-refractivity contribution in [2.24, 2.45) is 0 Å². The summed E-state index contributed by atoms with van der Waals surface area (Å²) in [6, 6.07) is 11.2. The molecule has 0 fully saturated rings. The van der Waals surface area contributed by atoms with E-state index in [2.05, 4.69) is 21.6 Å². The fourth-order valence-electron chi connectivity index (χ4n) is 1.60. The van der Waals surface area contributed by atoms with E-state index in [-0.39, 0.29) is 5.91 Å². The van der Waals surface area contributed by atoms with Gasteiger partial charge in [0.2, 0.25) is 5.91 Å². The molecule has 0 radical (unpaired) electrons. The van der Waals surface area contributed by atoms with E-state index in [1.54, 1.807) is 18.2 Å². The summed E-state index contributed by atoms with van der Waals surface area (Å²) in [7, 11) is 0. The molecule has 0 aliphatic heterocycles. The van der Waals surface area contributed by atoms with Crippen LogP contribution in [-0.2, 0) is 10.5 Å². The van der Waals surface area contributed by atoms with Gasteiger partial charge in [-0.3, -0.25) is 9.89 Å².